The first kappa shape index (κ1) is 19.2. The van der Waals surface area contributed by atoms with Crippen LogP contribution in [0.4, 0.5) is 0 Å². The van der Waals surface area contributed by atoms with E-state index in [4.69, 9.17) is 0 Å². The molecular weight excluding hydrogens is 384 g/mol. The van der Waals surface area contributed by atoms with E-state index in [1.165, 1.54) is 11.3 Å². The Bertz CT molecular complexity index is 138. The van der Waals surface area contributed by atoms with E-state index in [-0.39, 0.29) is 38.5 Å². The maximum Gasteiger partial charge on any atom is 2.00 e. The van der Waals surface area contributed by atoms with E-state index in [0.717, 1.165) is 6.42 Å². The molecule has 0 fully saturated rings. The van der Waals surface area contributed by atoms with Gasteiger partial charge in [0, 0.05) is 19.8 Å². The second kappa shape index (κ2) is 9.16. The van der Waals surface area contributed by atoms with Crippen LogP contribution in [0.1, 0.15) is 34.1 Å². The van der Waals surface area contributed by atoms with Gasteiger partial charge in [0.15, 0.2) is 0 Å². The van der Waals surface area contributed by atoms with Gasteiger partial charge in [0.1, 0.15) is 0 Å². The number of nitrogens with zero attached hydrogens (tertiary/aromatic N) is 1. The van der Waals surface area contributed by atoms with Crippen LogP contribution >= 0.6 is 0 Å². The molecule has 0 atom stereocenters. The van der Waals surface area contributed by atoms with Gasteiger partial charge < -0.3 is 12.3 Å². The van der Waals surface area contributed by atoms with Crippen LogP contribution in [0.3, 0.4) is 0 Å². The van der Waals surface area contributed by atoms with Gasteiger partial charge in [-0.15, -0.1) is 0 Å². The zero-order chi connectivity index (χ0) is 9.02. The van der Waals surface area contributed by atoms with Crippen LogP contribution in [0, 0.1) is 44.5 Å². The summed E-state index contributed by atoms with van der Waals surface area (Å²) in [4.78, 5) is 2.23. The molecule has 0 aliphatic rings. The van der Waals surface area contributed by atoms with Crippen LogP contribution in [0.25, 0.3) is 0 Å². The number of allylic oxidation sites excluding steroid dienone is 2. The minimum absolute atomic E-state index is 0. The van der Waals surface area contributed by atoms with Crippen molar-refractivity contribution in [2.24, 2.45) is 5.92 Å². The molecule has 0 saturated heterocycles. The maximum atomic E-state index is 2.24. The summed E-state index contributed by atoms with van der Waals surface area (Å²) in [5, 5.41) is 0. The minimum atomic E-state index is 0. The summed E-state index contributed by atoms with van der Waals surface area (Å²) in [7, 11) is 4.24. The molecule has 0 aromatic carbocycles. The zero-order valence-corrected chi connectivity index (χ0v) is 14.4. The molecule has 0 spiro atoms. The predicted molar refractivity (Wildman–Crippen MR) is 57.9 cm³/mol. The summed E-state index contributed by atoms with van der Waals surface area (Å²) in [5.41, 5.74) is 2.98. The van der Waals surface area contributed by atoms with Crippen molar-refractivity contribution in [3.63, 3.8) is 0 Å². The molecule has 0 N–H and O–H groups in total. The molecule has 0 aliphatic carbocycles. The number of hydrogen-bond donors (Lipinski definition) is 0. The Hall–Kier alpha value is 0.592. The topological polar surface area (TPSA) is 3.24 Å². The maximum absolute atomic E-state index is 2.24. The van der Waals surface area contributed by atoms with E-state index in [2.05, 4.69) is 46.7 Å². The van der Waals surface area contributed by atoms with Gasteiger partial charge in [-0.2, -0.15) is 0 Å². The van der Waals surface area contributed by atoms with Crippen molar-refractivity contribution in [2.75, 3.05) is 14.1 Å². The Morgan fingerprint density at radius 1 is 1.23 bits per heavy atom. The summed E-state index contributed by atoms with van der Waals surface area (Å²) in [5.74, 6) is 0.643. The Morgan fingerprint density at radius 3 is 1.69 bits per heavy atom. The van der Waals surface area contributed by atoms with E-state index in [9.17, 15) is 0 Å². The Kier molecular flexibility index (Phi) is 13.5. The quantitative estimate of drug-likeness (QED) is 0.648. The van der Waals surface area contributed by atoms with Crippen LogP contribution in [-0.4, -0.2) is 19.0 Å². The summed E-state index contributed by atoms with van der Waals surface area (Å²) in [6.07, 6.45) is 1.16. The molecule has 1 nitrogen and oxygen atoms in total. The van der Waals surface area contributed by atoms with Crippen molar-refractivity contribution >= 4 is 0 Å². The van der Waals surface area contributed by atoms with Crippen molar-refractivity contribution in [1.29, 1.82) is 0 Å². The van der Waals surface area contributed by atoms with Gasteiger partial charge in [-0.05, 0) is 19.3 Å². The summed E-state index contributed by atoms with van der Waals surface area (Å²) in [6.45, 7) is 8.92. The third-order valence-corrected chi connectivity index (χ3v) is 2.00. The van der Waals surface area contributed by atoms with Gasteiger partial charge in [-0.3, -0.25) is 0 Å². The van der Waals surface area contributed by atoms with E-state index < -0.39 is 0 Å². The third kappa shape index (κ3) is 6.63. The van der Waals surface area contributed by atoms with Gasteiger partial charge in [-0.25, -0.2) is 0 Å². The normalized spacial score (nSPS) is 11.3. The van der Waals surface area contributed by atoms with Gasteiger partial charge in [-0.1, -0.05) is 26.3 Å². The Labute approximate surface area is 108 Å². The predicted octanol–water partition coefficient (Wildman–Crippen LogP) is 3.34. The molecule has 0 rings (SSSR count). The van der Waals surface area contributed by atoms with Gasteiger partial charge in [0.2, 0.25) is 0 Å². The van der Waals surface area contributed by atoms with Crippen molar-refractivity contribution < 1.29 is 31.1 Å². The van der Waals surface area contributed by atoms with Crippen molar-refractivity contribution in [2.45, 2.75) is 34.1 Å². The second-order valence-electron chi connectivity index (χ2n) is 3.57. The van der Waals surface area contributed by atoms with Crippen LogP contribution in [0.15, 0.2) is 11.3 Å². The van der Waals surface area contributed by atoms with Gasteiger partial charge in [0.05, 0.1) is 0 Å². The van der Waals surface area contributed by atoms with E-state index in [1.54, 1.807) is 0 Å². The van der Waals surface area contributed by atoms with E-state index in [0.29, 0.717) is 5.92 Å². The molecule has 0 bridgehead atoms. The molecule has 0 saturated carbocycles. The average Bonchev–Trinajstić information content (AvgIpc) is 1.85. The smallest absolute Gasteiger partial charge is 0.381 e. The number of hydrogen-bond acceptors (Lipinski definition) is 1. The molecule has 0 unspecified atom stereocenters. The second-order valence-corrected chi connectivity index (χ2v) is 3.57. The molecule has 0 amide bonds. The standard InChI is InChI=1S/C10H21N.CH3.U/c1-7-9(4)10(8(2)3)11(5)6;;/h8H,7H2,1-6H3;1H3;/q;-1;+2/b10-9-;;. The van der Waals surface area contributed by atoms with Crippen molar-refractivity contribution in [1.82, 2.24) is 4.90 Å². The average molecular weight is 408 g/mol. The monoisotopic (exact) mass is 408 g/mol. The van der Waals surface area contributed by atoms with Crippen molar-refractivity contribution in [3.8, 4) is 0 Å². The van der Waals surface area contributed by atoms with Crippen LogP contribution in [0.5, 0.6) is 0 Å². The first-order valence-corrected chi connectivity index (χ1v) is 4.37. The third-order valence-electron chi connectivity index (χ3n) is 2.00. The number of rotatable bonds is 3. The van der Waals surface area contributed by atoms with Crippen LogP contribution in [-0.2, 0) is 0 Å². The summed E-state index contributed by atoms with van der Waals surface area (Å²) in [6, 6.07) is 0. The minimum Gasteiger partial charge on any atom is -0.381 e. The molecule has 76 valence electrons. The van der Waals surface area contributed by atoms with Gasteiger partial charge in [0.25, 0.3) is 0 Å². The molecule has 13 heavy (non-hydrogen) atoms. The molecule has 2 heteroatoms. The molecule has 0 aromatic rings. The first-order chi connectivity index (χ1) is 5.00. The Balaban J connectivity index is -0.000000500. The molecule has 0 heterocycles. The molecule has 0 radical (unpaired) electrons. The molecule has 0 aliphatic heterocycles. The summed E-state index contributed by atoms with van der Waals surface area (Å²) < 4.78 is 0. The van der Waals surface area contributed by atoms with E-state index in [1.807, 2.05) is 0 Å². The SMILES string of the molecule is CC/C(C)=C(/C(C)C)N(C)C.[CH3-].[U+2]. The fourth-order valence-electron chi connectivity index (χ4n) is 1.57. The fraction of sp³-hybridized carbons (Fsp3) is 0.727. The fourth-order valence-corrected chi connectivity index (χ4v) is 1.57. The summed E-state index contributed by atoms with van der Waals surface area (Å²) >= 11 is 0. The van der Waals surface area contributed by atoms with Crippen LogP contribution in [0.2, 0.25) is 0 Å². The molecule has 0 aromatic heterocycles. The first-order valence-electron chi connectivity index (χ1n) is 4.37. The Morgan fingerprint density at radius 2 is 1.62 bits per heavy atom. The van der Waals surface area contributed by atoms with E-state index >= 15 is 0 Å². The largest absolute Gasteiger partial charge is 2.00 e. The van der Waals surface area contributed by atoms with Gasteiger partial charge >= 0.3 is 31.1 Å². The molecular formula is C11H24NU+. The van der Waals surface area contributed by atoms with Crippen LogP contribution < -0.4 is 0 Å². The zero-order valence-electron chi connectivity index (χ0n) is 10.2. The van der Waals surface area contributed by atoms with Crippen molar-refractivity contribution in [3.05, 3.63) is 18.7 Å².